The minimum absolute atomic E-state index is 0.833. The second-order valence-electron chi connectivity index (χ2n) is 2.61. The fraction of sp³-hybridized carbons (Fsp3) is 0. The number of aromatic amines is 2. The zero-order valence-corrected chi connectivity index (χ0v) is 10.6. The van der Waals surface area contributed by atoms with Gasteiger partial charge in [-0.25, -0.2) is 19.6 Å². The van der Waals surface area contributed by atoms with Crippen molar-refractivity contribution < 1.29 is 19.8 Å². The highest BCUT2D eigenvalue weighted by Crippen LogP contribution is 1.63. The molecular weight excluding hydrogens is 264 g/mol. The first-order valence-electron chi connectivity index (χ1n) is 5.10. The normalized spacial score (nSPS) is 7.20. The molecule has 2 rings (SSSR count). The molecule has 0 aliphatic rings. The zero-order valence-electron chi connectivity index (χ0n) is 10.6. The summed E-state index contributed by atoms with van der Waals surface area (Å²) < 4.78 is 0. The van der Waals surface area contributed by atoms with Gasteiger partial charge in [0.2, 0.25) is 0 Å². The van der Waals surface area contributed by atoms with E-state index in [2.05, 4.69) is 33.1 Å². The number of nitrogens with zero attached hydrogens (tertiary/aromatic N) is 2. The Morgan fingerprint density at radius 2 is 1.20 bits per heavy atom. The SMILES string of the molecule is C=CC(=O)O.C=CC(=O)O.c1c[nH]cn1.c1c[nH]cn1. The lowest BCUT2D eigenvalue weighted by atomic mass is 10.7. The number of hydrogen-bond donors (Lipinski definition) is 4. The van der Waals surface area contributed by atoms with E-state index in [0.717, 1.165) is 12.2 Å². The van der Waals surface area contributed by atoms with Gasteiger partial charge in [-0.1, -0.05) is 13.2 Å². The third-order valence-electron chi connectivity index (χ3n) is 1.16. The van der Waals surface area contributed by atoms with Crippen molar-refractivity contribution in [2.75, 3.05) is 0 Å². The first-order valence-corrected chi connectivity index (χ1v) is 5.10. The molecule has 0 aliphatic carbocycles. The van der Waals surface area contributed by atoms with E-state index >= 15 is 0 Å². The van der Waals surface area contributed by atoms with Gasteiger partial charge < -0.3 is 20.2 Å². The number of rotatable bonds is 2. The van der Waals surface area contributed by atoms with Crippen molar-refractivity contribution in [3.8, 4) is 0 Å². The summed E-state index contributed by atoms with van der Waals surface area (Å²) >= 11 is 0. The van der Waals surface area contributed by atoms with Crippen LogP contribution in [0.15, 0.2) is 62.8 Å². The lowest BCUT2D eigenvalue weighted by Crippen LogP contribution is -1.82. The molecule has 4 N–H and O–H groups in total. The quantitative estimate of drug-likeness (QED) is 0.613. The summed E-state index contributed by atoms with van der Waals surface area (Å²) in [6.07, 6.45) is 11.8. The first-order chi connectivity index (χ1) is 9.54. The number of nitrogens with one attached hydrogen (secondary N) is 2. The fourth-order valence-corrected chi connectivity index (χ4v) is 0.430. The first kappa shape index (κ1) is 19.2. The van der Waals surface area contributed by atoms with E-state index in [0.29, 0.717) is 0 Å². The molecule has 8 heteroatoms. The van der Waals surface area contributed by atoms with Gasteiger partial charge in [0, 0.05) is 36.9 Å². The van der Waals surface area contributed by atoms with Crippen LogP contribution in [0.2, 0.25) is 0 Å². The van der Waals surface area contributed by atoms with E-state index in [4.69, 9.17) is 10.2 Å². The van der Waals surface area contributed by atoms with Crippen molar-refractivity contribution in [1.82, 2.24) is 19.9 Å². The number of aromatic nitrogens is 4. The molecule has 0 aliphatic heterocycles. The Balaban J connectivity index is 0. The molecule has 0 radical (unpaired) electrons. The van der Waals surface area contributed by atoms with Gasteiger partial charge in [0.25, 0.3) is 0 Å². The second kappa shape index (κ2) is 15.8. The van der Waals surface area contributed by atoms with Crippen LogP contribution in [-0.2, 0) is 9.59 Å². The smallest absolute Gasteiger partial charge is 0.327 e. The Hall–Kier alpha value is -3.16. The average molecular weight is 280 g/mol. The maximum absolute atomic E-state index is 9.25. The topological polar surface area (TPSA) is 132 Å². The fourth-order valence-electron chi connectivity index (χ4n) is 0.430. The van der Waals surface area contributed by atoms with Crippen molar-refractivity contribution >= 4 is 11.9 Å². The number of aliphatic carboxylic acids is 2. The molecule has 0 atom stereocenters. The van der Waals surface area contributed by atoms with Crippen molar-refractivity contribution in [2.45, 2.75) is 0 Å². The Morgan fingerprint density at radius 3 is 1.25 bits per heavy atom. The number of hydrogen-bond acceptors (Lipinski definition) is 4. The largest absolute Gasteiger partial charge is 0.478 e. The minimum Gasteiger partial charge on any atom is -0.478 e. The van der Waals surface area contributed by atoms with Crippen LogP contribution < -0.4 is 0 Å². The van der Waals surface area contributed by atoms with Crippen LogP contribution >= 0.6 is 0 Å². The molecule has 8 nitrogen and oxygen atoms in total. The molecule has 20 heavy (non-hydrogen) atoms. The molecule has 2 aromatic rings. The van der Waals surface area contributed by atoms with Crippen molar-refractivity contribution in [3.05, 3.63) is 62.8 Å². The molecule has 0 aromatic carbocycles. The molecule has 108 valence electrons. The standard InChI is InChI=1S/2C3H4N2.2C3H4O2/c2*1-2-5-3-4-1;2*1-2-3(4)5/h2*1-3H,(H,4,5);2*2H,1H2,(H,4,5). The van der Waals surface area contributed by atoms with Gasteiger partial charge >= 0.3 is 11.9 Å². The highest BCUT2D eigenvalue weighted by molar-refractivity contribution is 5.79. The predicted molar refractivity (Wildman–Crippen MR) is 72.8 cm³/mol. The zero-order chi connectivity index (χ0) is 15.6. The summed E-state index contributed by atoms with van der Waals surface area (Å²) in [5, 5.41) is 15.2. The van der Waals surface area contributed by atoms with Gasteiger partial charge in [0.15, 0.2) is 0 Å². The highest BCUT2D eigenvalue weighted by Gasteiger charge is 1.73. The van der Waals surface area contributed by atoms with E-state index in [1.165, 1.54) is 0 Å². The number of H-pyrrole nitrogens is 2. The van der Waals surface area contributed by atoms with Crippen LogP contribution in [0.25, 0.3) is 0 Å². The summed E-state index contributed by atoms with van der Waals surface area (Å²) in [7, 11) is 0. The monoisotopic (exact) mass is 280 g/mol. The van der Waals surface area contributed by atoms with Crippen LogP contribution in [0.4, 0.5) is 0 Å². The van der Waals surface area contributed by atoms with Crippen LogP contribution in [-0.4, -0.2) is 42.1 Å². The number of carboxylic acid groups (broad SMARTS) is 2. The Labute approximate surface area is 115 Å². The number of carboxylic acids is 2. The number of carbonyl (C=O) groups is 2. The van der Waals surface area contributed by atoms with E-state index in [-0.39, 0.29) is 0 Å². The summed E-state index contributed by atoms with van der Waals surface area (Å²) in [6, 6.07) is 0. The maximum Gasteiger partial charge on any atom is 0.327 e. The van der Waals surface area contributed by atoms with Crippen molar-refractivity contribution in [3.63, 3.8) is 0 Å². The van der Waals surface area contributed by atoms with Crippen LogP contribution in [0.5, 0.6) is 0 Å². The van der Waals surface area contributed by atoms with Gasteiger partial charge in [-0.2, -0.15) is 0 Å². The van der Waals surface area contributed by atoms with Gasteiger partial charge in [0.05, 0.1) is 12.7 Å². The lowest BCUT2D eigenvalue weighted by Gasteiger charge is -1.64. The molecule has 0 unspecified atom stereocenters. The Morgan fingerprint density at radius 1 is 0.900 bits per heavy atom. The molecule has 2 heterocycles. The summed E-state index contributed by atoms with van der Waals surface area (Å²) in [5.74, 6) is -1.96. The van der Waals surface area contributed by atoms with E-state index in [1.807, 2.05) is 0 Å². The van der Waals surface area contributed by atoms with Crippen molar-refractivity contribution in [1.29, 1.82) is 0 Å². The molecular formula is C12H16N4O4. The van der Waals surface area contributed by atoms with Crippen LogP contribution in [0, 0.1) is 0 Å². The summed E-state index contributed by atoms with van der Waals surface area (Å²) in [6.45, 7) is 5.92. The number of imidazole rings is 2. The van der Waals surface area contributed by atoms with Crippen molar-refractivity contribution in [2.24, 2.45) is 0 Å². The third kappa shape index (κ3) is 24.2. The molecule has 0 bridgehead atoms. The Bertz CT molecular complexity index is 373. The molecule has 2 aromatic heterocycles. The maximum atomic E-state index is 9.25. The Kier molecular flexibility index (Phi) is 15.2. The van der Waals surface area contributed by atoms with E-state index in [1.54, 1.807) is 37.4 Å². The predicted octanol–water partition coefficient (Wildman–Crippen LogP) is 1.33. The minimum atomic E-state index is -0.981. The van der Waals surface area contributed by atoms with Crippen LogP contribution in [0.3, 0.4) is 0 Å². The molecule has 0 amide bonds. The molecule has 0 saturated heterocycles. The van der Waals surface area contributed by atoms with Gasteiger partial charge in [0.1, 0.15) is 0 Å². The second-order valence-corrected chi connectivity index (χ2v) is 2.61. The van der Waals surface area contributed by atoms with E-state index < -0.39 is 11.9 Å². The molecule has 0 spiro atoms. The highest BCUT2D eigenvalue weighted by atomic mass is 16.4. The molecule has 0 fully saturated rings. The van der Waals surface area contributed by atoms with Crippen LogP contribution in [0.1, 0.15) is 0 Å². The summed E-state index contributed by atoms with van der Waals surface area (Å²) in [4.78, 5) is 31.3. The van der Waals surface area contributed by atoms with Gasteiger partial charge in [-0.15, -0.1) is 0 Å². The van der Waals surface area contributed by atoms with E-state index in [9.17, 15) is 9.59 Å². The summed E-state index contributed by atoms with van der Waals surface area (Å²) in [5.41, 5.74) is 0. The third-order valence-corrected chi connectivity index (χ3v) is 1.16. The lowest BCUT2D eigenvalue weighted by molar-refractivity contribution is -0.132. The average Bonchev–Trinajstić information content (AvgIpc) is 3.16. The van der Waals surface area contributed by atoms with Gasteiger partial charge in [-0.05, 0) is 0 Å². The van der Waals surface area contributed by atoms with Gasteiger partial charge in [-0.3, -0.25) is 0 Å². The molecule has 0 saturated carbocycles.